The van der Waals surface area contributed by atoms with Gasteiger partial charge in [0.15, 0.2) is 5.78 Å². The zero-order valence-electron chi connectivity index (χ0n) is 20.1. The highest BCUT2D eigenvalue weighted by molar-refractivity contribution is 6.32. The number of primary amides is 2. The van der Waals surface area contributed by atoms with Gasteiger partial charge in [0.2, 0.25) is 23.6 Å². The molecule has 0 aromatic heterocycles. The van der Waals surface area contributed by atoms with Crippen LogP contribution in [0.15, 0.2) is 24.3 Å². The molecule has 0 bridgehead atoms. The molecule has 0 aliphatic rings. The second kappa shape index (κ2) is 15.6. The molecule has 0 aliphatic heterocycles. The largest absolute Gasteiger partial charge is 0.369 e. The van der Waals surface area contributed by atoms with Gasteiger partial charge in [-0.15, -0.1) is 0 Å². The Balaban J connectivity index is 2.60. The molecule has 1 aromatic carbocycles. The average Bonchev–Trinajstić information content (AvgIpc) is 2.80. The number of halogens is 2. The molecule has 0 aliphatic carbocycles. The summed E-state index contributed by atoms with van der Waals surface area (Å²) >= 11 is 5.90. The van der Waals surface area contributed by atoms with E-state index >= 15 is 0 Å². The lowest BCUT2D eigenvalue weighted by molar-refractivity contribution is -0.130. The molecular formula is C24H33ClFN5O5. The zero-order valence-corrected chi connectivity index (χ0v) is 20.9. The standard InChI is InChI=1S/C24H33ClFN5O5/c1-14(30-21(33)9-6-15-5-8-17(26)13-18(15)25)20(32)12-16(23(28)35)7-10-22(34)31-19(24(29)36)4-2-3-11-27/h5-6,8-9,13-14,16,19H,2-4,7,10-12,27H2,1H3,(H2,28,35)(H2,29,36)(H,30,33)(H,31,34)/b9-6+/t14?,16-,19?/m1/s1. The number of benzene rings is 1. The number of hydrogen-bond donors (Lipinski definition) is 5. The van der Waals surface area contributed by atoms with Gasteiger partial charge in [0.25, 0.3) is 0 Å². The van der Waals surface area contributed by atoms with E-state index in [1.807, 2.05) is 0 Å². The van der Waals surface area contributed by atoms with Crippen molar-refractivity contribution in [3.05, 3.63) is 40.7 Å². The molecule has 0 heterocycles. The summed E-state index contributed by atoms with van der Waals surface area (Å²) in [5.74, 6) is -4.47. The van der Waals surface area contributed by atoms with Gasteiger partial charge < -0.3 is 27.8 Å². The second-order valence-electron chi connectivity index (χ2n) is 8.34. The summed E-state index contributed by atoms with van der Waals surface area (Å²) in [7, 11) is 0. The van der Waals surface area contributed by atoms with Gasteiger partial charge in [-0.1, -0.05) is 17.7 Å². The molecule has 8 N–H and O–H groups in total. The fraction of sp³-hybridized carbons (Fsp3) is 0.458. The highest BCUT2D eigenvalue weighted by Crippen LogP contribution is 2.18. The van der Waals surface area contributed by atoms with Gasteiger partial charge >= 0.3 is 0 Å². The van der Waals surface area contributed by atoms with Crippen LogP contribution in [-0.4, -0.2) is 48.0 Å². The fourth-order valence-corrected chi connectivity index (χ4v) is 3.49. The van der Waals surface area contributed by atoms with Crippen LogP contribution in [-0.2, 0) is 24.0 Å². The van der Waals surface area contributed by atoms with Crippen molar-refractivity contribution in [3.8, 4) is 0 Å². The molecular weight excluding hydrogens is 493 g/mol. The smallest absolute Gasteiger partial charge is 0.244 e. The third-order valence-corrected chi connectivity index (χ3v) is 5.74. The number of carbonyl (C=O) groups is 5. The highest BCUT2D eigenvalue weighted by Gasteiger charge is 2.25. The number of ketones is 1. The molecule has 0 spiro atoms. The molecule has 1 aromatic rings. The minimum atomic E-state index is -0.944. The summed E-state index contributed by atoms with van der Waals surface area (Å²) in [6.45, 7) is 1.90. The van der Waals surface area contributed by atoms with Gasteiger partial charge in [-0.05, 0) is 62.9 Å². The first kappa shape index (κ1) is 30.7. The van der Waals surface area contributed by atoms with Gasteiger partial charge in [-0.25, -0.2) is 4.39 Å². The SMILES string of the molecule is CC(NC(=O)/C=C/c1ccc(F)cc1Cl)C(=O)C[C@@H](CCC(=O)NC(CCCCN)C(N)=O)C(N)=O. The molecule has 12 heteroatoms. The Kier molecular flexibility index (Phi) is 13.3. The van der Waals surface area contributed by atoms with Crippen LogP contribution in [0.3, 0.4) is 0 Å². The van der Waals surface area contributed by atoms with Gasteiger partial charge in [0, 0.05) is 24.8 Å². The molecule has 0 saturated carbocycles. The third kappa shape index (κ3) is 11.4. The summed E-state index contributed by atoms with van der Waals surface area (Å²) in [5, 5.41) is 5.11. The van der Waals surface area contributed by atoms with E-state index in [1.54, 1.807) is 0 Å². The summed E-state index contributed by atoms with van der Waals surface area (Å²) in [6.07, 6.45) is 3.68. The maximum atomic E-state index is 13.1. The van der Waals surface area contributed by atoms with Crippen LogP contribution in [0.5, 0.6) is 0 Å². The van der Waals surface area contributed by atoms with E-state index in [-0.39, 0.29) is 24.3 Å². The molecule has 0 radical (unpaired) electrons. The lowest BCUT2D eigenvalue weighted by atomic mass is 9.93. The first-order chi connectivity index (χ1) is 16.9. The van der Waals surface area contributed by atoms with Crippen LogP contribution in [0.4, 0.5) is 4.39 Å². The van der Waals surface area contributed by atoms with Crippen LogP contribution in [0.2, 0.25) is 5.02 Å². The van der Waals surface area contributed by atoms with E-state index in [0.29, 0.717) is 31.4 Å². The summed E-state index contributed by atoms with van der Waals surface area (Å²) < 4.78 is 13.1. The summed E-state index contributed by atoms with van der Waals surface area (Å²) in [6, 6.07) is 1.89. The minimum Gasteiger partial charge on any atom is -0.369 e. The Bertz CT molecular complexity index is 988. The Hall–Kier alpha value is -3.31. The predicted molar refractivity (Wildman–Crippen MR) is 134 cm³/mol. The van der Waals surface area contributed by atoms with Crippen molar-refractivity contribution in [1.82, 2.24) is 10.6 Å². The molecule has 0 saturated heterocycles. The summed E-state index contributed by atoms with van der Waals surface area (Å²) in [5.41, 5.74) is 16.5. The molecule has 0 fully saturated rings. The van der Waals surface area contributed by atoms with Crippen molar-refractivity contribution < 1.29 is 28.4 Å². The summed E-state index contributed by atoms with van der Waals surface area (Å²) in [4.78, 5) is 60.3. The quantitative estimate of drug-likeness (QED) is 0.158. The zero-order chi connectivity index (χ0) is 27.3. The van der Waals surface area contributed by atoms with Gasteiger partial charge in [0.05, 0.1) is 11.1 Å². The number of rotatable bonds is 16. The number of hydrogen-bond acceptors (Lipinski definition) is 6. The molecule has 4 amide bonds. The van der Waals surface area contributed by atoms with E-state index in [0.717, 1.165) is 12.1 Å². The number of nitrogens with two attached hydrogens (primary N) is 3. The first-order valence-electron chi connectivity index (χ1n) is 11.5. The van der Waals surface area contributed by atoms with Crippen molar-refractivity contribution in [3.63, 3.8) is 0 Å². The number of unbranched alkanes of at least 4 members (excludes halogenated alkanes) is 1. The van der Waals surface area contributed by atoms with E-state index in [9.17, 15) is 28.4 Å². The van der Waals surface area contributed by atoms with Crippen molar-refractivity contribution in [2.24, 2.45) is 23.1 Å². The lowest BCUT2D eigenvalue weighted by Gasteiger charge is -2.18. The van der Waals surface area contributed by atoms with Crippen LogP contribution < -0.4 is 27.8 Å². The van der Waals surface area contributed by atoms with Gasteiger partial charge in [-0.3, -0.25) is 24.0 Å². The van der Waals surface area contributed by atoms with Crippen LogP contribution in [0.25, 0.3) is 6.08 Å². The second-order valence-corrected chi connectivity index (χ2v) is 8.75. The van der Waals surface area contributed by atoms with Crippen molar-refractivity contribution in [2.75, 3.05) is 6.54 Å². The van der Waals surface area contributed by atoms with Crippen LogP contribution >= 0.6 is 11.6 Å². The average molecular weight is 526 g/mol. The van der Waals surface area contributed by atoms with Gasteiger partial charge in [-0.2, -0.15) is 0 Å². The Morgan fingerprint density at radius 3 is 2.33 bits per heavy atom. The number of Topliss-reactive ketones (excluding diaryl/α,β-unsaturated/α-hetero) is 1. The van der Waals surface area contributed by atoms with Crippen molar-refractivity contribution in [1.29, 1.82) is 0 Å². The Morgan fingerprint density at radius 1 is 1.06 bits per heavy atom. The molecule has 10 nitrogen and oxygen atoms in total. The fourth-order valence-electron chi connectivity index (χ4n) is 3.26. The topological polar surface area (TPSA) is 187 Å². The van der Waals surface area contributed by atoms with E-state index < -0.39 is 53.2 Å². The number of nitrogens with one attached hydrogen (secondary N) is 2. The molecule has 2 unspecified atom stereocenters. The van der Waals surface area contributed by atoms with E-state index in [2.05, 4.69) is 10.6 Å². The predicted octanol–water partition coefficient (Wildman–Crippen LogP) is 0.937. The molecule has 3 atom stereocenters. The Labute approximate surface area is 214 Å². The van der Waals surface area contributed by atoms with Crippen LogP contribution in [0.1, 0.15) is 51.0 Å². The number of carbonyl (C=O) groups excluding carboxylic acids is 5. The maximum Gasteiger partial charge on any atom is 0.244 e. The highest BCUT2D eigenvalue weighted by atomic mass is 35.5. The van der Waals surface area contributed by atoms with E-state index in [1.165, 1.54) is 25.1 Å². The number of amides is 4. The normalized spacial score (nSPS) is 13.6. The molecule has 1 rings (SSSR count). The maximum absolute atomic E-state index is 13.1. The first-order valence-corrected chi connectivity index (χ1v) is 11.9. The lowest BCUT2D eigenvalue weighted by Crippen LogP contribution is -2.44. The monoisotopic (exact) mass is 525 g/mol. The van der Waals surface area contributed by atoms with E-state index in [4.69, 9.17) is 28.8 Å². The molecule has 36 heavy (non-hydrogen) atoms. The van der Waals surface area contributed by atoms with Crippen LogP contribution in [0, 0.1) is 11.7 Å². The van der Waals surface area contributed by atoms with Crippen molar-refractivity contribution >= 4 is 47.1 Å². The van der Waals surface area contributed by atoms with Crippen molar-refractivity contribution in [2.45, 2.75) is 57.5 Å². The van der Waals surface area contributed by atoms with Gasteiger partial charge in [0.1, 0.15) is 11.9 Å². The Morgan fingerprint density at radius 2 is 1.75 bits per heavy atom. The minimum absolute atomic E-state index is 0.0230. The molecule has 198 valence electrons. The third-order valence-electron chi connectivity index (χ3n) is 5.41.